The Hall–Kier alpha value is 1.59. The van der Waals surface area contributed by atoms with Gasteiger partial charge in [0.1, 0.15) is 0 Å². The minimum Gasteiger partial charge on any atom is -1.00 e. The number of halogens is 1. The monoisotopic (exact) mass is 939 g/mol. The number of hydrogen-bond acceptors (Lipinski definition) is 6. The molecule has 0 aromatic heterocycles. The van der Waals surface area contributed by atoms with Crippen molar-refractivity contribution in [1.82, 2.24) is 0 Å². The third kappa shape index (κ3) is 60.0. The van der Waals surface area contributed by atoms with Crippen molar-refractivity contribution in [3.8, 4) is 0 Å². The summed E-state index contributed by atoms with van der Waals surface area (Å²) in [7, 11) is -3.63. The zero-order valence-corrected chi connectivity index (χ0v) is 40.7. The van der Waals surface area contributed by atoms with Crippen LogP contribution in [0.15, 0.2) is 38.0 Å². The maximum Gasteiger partial charge on any atom is 2.00 e. The Kier molecular flexibility index (Phi) is 78.1. The maximum absolute atomic E-state index is 5.22. The molecule has 12 heteroatoms. The van der Waals surface area contributed by atoms with Gasteiger partial charge in [0.15, 0.2) is 0 Å². The fourth-order valence-corrected chi connectivity index (χ4v) is 12.8. The van der Waals surface area contributed by atoms with Crippen LogP contribution in [0.4, 0.5) is 0 Å². The van der Waals surface area contributed by atoms with Crippen LogP contribution in [0, 0.1) is 14.4 Å². The second kappa shape index (κ2) is 49.7. The van der Waals surface area contributed by atoms with Crippen LogP contribution in [0.2, 0.25) is 0 Å². The zero-order valence-electron chi connectivity index (χ0n) is 34.1. The van der Waals surface area contributed by atoms with Gasteiger partial charge in [0.05, 0.1) is 10.3 Å². The molecule has 6 nitrogen and oxygen atoms in total. The molecular formula is C35H82ClMgO6PPtSi2+. The van der Waals surface area contributed by atoms with E-state index in [1.54, 1.807) is 12.2 Å². The average molecular weight is 941 g/mol. The summed E-state index contributed by atoms with van der Waals surface area (Å²) >= 11 is 0. The molecule has 0 saturated carbocycles. The third-order valence-corrected chi connectivity index (χ3v) is 12.3. The first kappa shape index (κ1) is 73.9. The molecule has 0 aliphatic rings. The van der Waals surface area contributed by atoms with E-state index in [9.17, 15) is 0 Å². The fraction of sp³-hybridized carbons (Fsp3) is 0.771. The SMILES string of the molecule is C.C=CC=C.C=CCCC.CCO[SiH](OCC)OCC.CCO[Si](OCC)OCC.[CH2-]C(C)(C)[PH+](C(C)(C)C)C(C)(C)C.[CH3-].[Cl-].[H-].[Mg+2].[Pt+2]. The first-order valence-corrected chi connectivity index (χ1v) is 19.7. The van der Waals surface area contributed by atoms with E-state index in [2.05, 4.69) is 89.0 Å². The quantitative estimate of drug-likeness (QED) is 0.0528. The van der Waals surface area contributed by atoms with Crippen molar-refractivity contribution >= 4 is 50.0 Å². The molecule has 0 unspecified atom stereocenters. The van der Waals surface area contributed by atoms with E-state index in [1.807, 2.05) is 47.6 Å². The van der Waals surface area contributed by atoms with Crippen LogP contribution in [0.1, 0.15) is 126 Å². The Balaban J connectivity index is -0.0000000402. The van der Waals surface area contributed by atoms with Gasteiger partial charge in [0, 0.05) is 39.6 Å². The molecular weight excluding hydrogens is 858 g/mol. The molecule has 47 heavy (non-hydrogen) atoms. The summed E-state index contributed by atoms with van der Waals surface area (Å²) in [6.45, 7) is 51.1. The van der Waals surface area contributed by atoms with Gasteiger partial charge in [0.2, 0.25) is 0 Å². The van der Waals surface area contributed by atoms with Crippen LogP contribution in [-0.4, -0.2) is 97.2 Å². The van der Waals surface area contributed by atoms with E-state index in [0.29, 0.717) is 50.0 Å². The van der Waals surface area contributed by atoms with E-state index in [0.717, 1.165) is 6.42 Å². The van der Waals surface area contributed by atoms with E-state index in [4.69, 9.17) is 26.6 Å². The standard InChI is InChI=1S/C12H26P.C6H16O3Si.C6H15O3Si.C5H10.C4H6.CH4.CH3.ClH.Mg.Pt.H/c1-10(2,3)13(11(4,5)6)12(7,8)9;2*1-4-7-10(8-5-2)9-6-3;1-3-5-4-2;1-3-4-2;;;;;;/h1H2,2-9H3;10H,4-6H2,1-3H3;4-6H2,1-3H3;3H,1,4-5H2,2H3;3-4H,1-2H2;1H4;1H3;1H;;;/q-1;;;;;;-1;;2*+2;-1. The molecule has 0 saturated heterocycles. The van der Waals surface area contributed by atoms with Crippen LogP contribution >= 0.6 is 7.92 Å². The van der Waals surface area contributed by atoms with Crippen molar-refractivity contribution in [2.24, 2.45) is 0 Å². The molecule has 289 valence electrons. The van der Waals surface area contributed by atoms with Gasteiger partial charge in [-0.2, -0.15) is 0 Å². The zero-order chi connectivity index (χ0) is 34.3. The fourth-order valence-electron chi connectivity index (χ4n) is 4.39. The van der Waals surface area contributed by atoms with E-state index >= 15 is 0 Å². The Morgan fingerprint density at radius 1 is 0.681 bits per heavy atom. The molecule has 0 N–H and O–H groups in total. The molecule has 0 fully saturated rings. The minimum absolute atomic E-state index is 0. The van der Waals surface area contributed by atoms with Crippen LogP contribution in [0.5, 0.6) is 0 Å². The summed E-state index contributed by atoms with van der Waals surface area (Å²) in [4.78, 5) is 0. The van der Waals surface area contributed by atoms with Crippen molar-refractivity contribution in [1.29, 1.82) is 0 Å². The van der Waals surface area contributed by atoms with Gasteiger partial charge in [-0.25, -0.2) is 0 Å². The molecule has 0 aliphatic heterocycles. The summed E-state index contributed by atoms with van der Waals surface area (Å²) in [6, 6.07) is 0. The van der Waals surface area contributed by atoms with Gasteiger partial charge in [-0.05, 0) is 103 Å². The summed E-state index contributed by atoms with van der Waals surface area (Å²) in [5.74, 6) is 0. The molecule has 0 aliphatic carbocycles. The number of hydrogen-bond donors (Lipinski definition) is 0. The van der Waals surface area contributed by atoms with Crippen LogP contribution < -0.4 is 12.4 Å². The van der Waals surface area contributed by atoms with Gasteiger partial charge in [0.25, 0.3) is 0 Å². The second-order valence-corrected chi connectivity index (χ2v) is 19.6. The second-order valence-electron chi connectivity index (χ2n) is 11.5. The predicted molar refractivity (Wildman–Crippen MR) is 215 cm³/mol. The van der Waals surface area contributed by atoms with E-state index in [1.165, 1.54) is 6.42 Å². The molecule has 0 atom stereocenters. The summed E-state index contributed by atoms with van der Waals surface area (Å²) in [6.07, 6.45) is 7.59. The summed E-state index contributed by atoms with van der Waals surface area (Å²) in [5.41, 5.74) is 0. The molecule has 0 heterocycles. The molecule has 0 rings (SSSR count). The molecule has 0 amide bonds. The van der Waals surface area contributed by atoms with Gasteiger partial charge < -0.3 is 54.7 Å². The Bertz CT molecular complexity index is 515. The molecule has 1 radical (unpaired) electrons. The smallest absolute Gasteiger partial charge is 1.00 e. The van der Waals surface area contributed by atoms with Crippen molar-refractivity contribution in [3.63, 3.8) is 0 Å². The Morgan fingerprint density at radius 2 is 0.957 bits per heavy atom. The van der Waals surface area contributed by atoms with Crippen molar-refractivity contribution in [3.05, 3.63) is 52.3 Å². The molecule has 0 spiro atoms. The first-order chi connectivity index (χ1) is 19.4. The molecule has 0 aromatic carbocycles. The molecule has 0 bridgehead atoms. The van der Waals surface area contributed by atoms with Crippen molar-refractivity contribution in [2.45, 2.75) is 140 Å². The van der Waals surface area contributed by atoms with Crippen LogP contribution in [0.25, 0.3) is 0 Å². The van der Waals surface area contributed by atoms with E-state index in [-0.39, 0.29) is 78.0 Å². The van der Waals surface area contributed by atoms with Crippen LogP contribution in [0.3, 0.4) is 0 Å². The average Bonchev–Trinajstić information content (AvgIpc) is 2.84. The van der Waals surface area contributed by atoms with Gasteiger partial charge in [-0.3, -0.25) is 0 Å². The molecule has 0 aromatic rings. The normalized spacial score (nSPS) is 10.0. The maximum atomic E-state index is 5.22. The van der Waals surface area contributed by atoms with Crippen molar-refractivity contribution in [2.75, 3.05) is 39.6 Å². The van der Waals surface area contributed by atoms with Gasteiger partial charge in [-0.1, -0.05) is 66.0 Å². The first-order valence-electron chi connectivity index (χ1n) is 15.6. The minimum atomic E-state index is -1.73. The topological polar surface area (TPSA) is 55.4 Å². The predicted octanol–water partition coefficient (Wildman–Crippen LogP) is 7.45. The Morgan fingerprint density at radius 3 is 1.04 bits per heavy atom. The van der Waals surface area contributed by atoms with Gasteiger partial charge in [-0.15, -0.1) is 6.58 Å². The Labute approximate surface area is 340 Å². The van der Waals surface area contributed by atoms with E-state index < -0.39 is 27.0 Å². The largest absolute Gasteiger partial charge is 2.00 e. The number of allylic oxidation sites excluding steroid dienone is 3. The third-order valence-electron chi connectivity index (χ3n) is 4.53. The van der Waals surface area contributed by atoms with Crippen molar-refractivity contribution < 1.29 is 61.5 Å². The van der Waals surface area contributed by atoms with Gasteiger partial charge >= 0.3 is 63.2 Å². The number of unbranched alkanes of at least 4 members (excludes halogenated alkanes) is 1. The summed E-state index contributed by atoms with van der Waals surface area (Å²) in [5, 5.41) is 1.09. The van der Waals surface area contributed by atoms with Crippen LogP contribution in [-0.2, 0) is 47.6 Å². The summed E-state index contributed by atoms with van der Waals surface area (Å²) < 4.78 is 31.2. The number of rotatable bonds is 16.